The van der Waals surface area contributed by atoms with Crippen LogP contribution in [-0.2, 0) is 29.5 Å². The first-order valence-corrected chi connectivity index (χ1v) is 12.1. The zero-order valence-electron chi connectivity index (χ0n) is 16.4. The van der Waals surface area contributed by atoms with E-state index in [-0.39, 0.29) is 19.0 Å². The number of hydrogen-bond acceptors (Lipinski definition) is 11. The number of ether oxygens (including phenoxy) is 1. The number of aliphatic hydroxyl groups excluding tert-OH is 1. The lowest BCUT2D eigenvalue weighted by atomic mass is 10.1. The van der Waals surface area contributed by atoms with E-state index in [2.05, 4.69) is 15.0 Å². The Morgan fingerprint density at radius 3 is 2.94 bits per heavy atom. The number of hydrogen-bond donors (Lipinski definition) is 2. The fourth-order valence-corrected chi connectivity index (χ4v) is 5.58. The number of thioether (sulfide) groups is 1. The number of phosphoric ester groups is 1. The van der Waals surface area contributed by atoms with E-state index >= 15 is 0 Å². The monoisotopic (exact) mass is 465 g/mol. The normalized spacial score (nSPS) is 30.5. The Morgan fingerprint density at radius 1 is 1.35 bits per heavy atom. The molecular formula is C18H20N5O6PS. The van der Waals surface area contributed by atoms with Gasteiger partial charge in [-0.3, -0.25) is 18.1 Å². The van der Waals surface area contributed by atoms with E-state index in [1.165, 1.54) is 18.1 Å². The second kappa shape index (κ2) is 8.14. The zero-order valence-corrected chi connectivity index (χ0v) is 18.1. The number of anilines is 1. The highest BCUT2D eigenvalue weighted by atomic mass is 32.2. The minimum atomic E-state index is -3.88. The highest BCUT2D eigenvalue weighted by Gasteiger charge is 2.54. The van der Waals surface area contributed by atoms with Crippen molar-refractivity contribution < 1.29 is 28.0 Å². The molecule has 0 bridgehead atoms. The van der Waals surface area contributed by atoms with Crippen molar-refractivity contribution in [3.05, 3.63) is 42.2 Å². The molecule has 1 aromatic carbocycles. The largest absolute Gasteiger partial charge is 0.475 e. The van der Waals surface area contributed by atoms with E-state index in [1.54, 1.807) is 4.57 Å². The van der Waals surface area contributed by atoms with Crippen LogP contribution in [0.3, 0.4) is 0 Å². The Morgan fingerprint density at radius 2 is 2.16 bits per heavy atom. The van der Waals surface area contributed by atoms with E-state index in [0.717, 1.165) is 5.56 Å². The summed E-state index contributed by atoms with van der Waals surface area (Å²) in [5.74, 6) is 0.224. The predicted molar refractivity (Wildman–Crippen MR) is 111 cm³/mol. The second-order valence-corrected chi connectivity index (χ2v) is 9.42. The van der Waals surface area contributed by atoms with Crippen molar-refractivity contribution >= 4 is 36.6 Å². The van der Waals surface area contributed by atoms with Crippen molar-refractivity contribution in [2.45, 2.75) is 36.3 Å². The minimum Gasteiger partial charge on any atom is -0.386 e. The first-order chi connectivity index (χ1) is 15.0. The number of aliphatic hydroxyl groups is 1. The predicted octanol–water partition coefficient (Wildman–Crippen LogP) is 2.13. The fourth-order valence-electron chi connectivity index (χ4n) is 3.62. The van der Waals surface area contributed by atoms with Gasteiger partial charge in [0.15, 0.2) is 28.4 Å². The summed E-state index contributed by atoms with van der Waals surface area (Å²) in [5.41, 5.74) is 7.57. The third kappa shape index (κ3) is 3.74. The Labute approximate surface area is 181 Å². The molecule has 2 fully saturated rings. The maximum Gasteiger partial charge on any atom is 0.475 e. The quantitative estimate of drug-likeness (QED) is 0.422. The first kappa shape index (κ1) is 20.8. The maximum atomic E-state index is 13.0. The molecule has 0 saturated carbocycles. The van der Waals surface area contributed by atoms with Crippen LogP contribution in [0.1, 0.15) is 11.8 Å². The van der Waals surface area contributed by atoms with Gasteiger partial charge in [-0.05, 0) is 11.8 Å². The lowest BCUT2D eigenvalue weighted by Gasteiger charge is -2.30. The molecule has 11 nitrogen and oxygen atoms in total. The van der Waals surface area contributed by atoms with Crippen LogP contribution in [0.4, 0.5) is 5.82 Å². The van der Waals surface area contributed by atoms with Gasteiger partial charge >= 0.3 is 7.82 Å². The highest BCUT2D eigenvalue weighted by molar-refractivity contribution is 7.98. The van der Waals surface area contributed by atoms with Crippen molar-refractivity contribution in [1.29, 1.82) is 0 Å². The molecule has 2 saturated heterocycles. The van der Waals surface area contributed by atoms with Crippen LogP contribution in [0.25, 0.3) is 11.2 Å². The van der Waals surface area contributed by atoms with Crippen LogP contribution in [0, 0.1) is 0 Å². The van der Waals surface area contributed by atoms with Crippen LogP contribution in [0.2, 0.25) is 0 Å². The molecule has 2 aliphatic rings. The number of nitrogen functional groups attached to an aromatic ring is 1. The Bertz CT molecular complexity index is 1150. The van der Waals surface area contributed by atoms with Gasteiger partial charge in [0, 0.05) is 0 Å². The van der Waals surface area contributed by atoms with Crippen molar-refractivity contribution in [1.82, 2.24) is 19.5 Å². The summed E-state index contributed by atoms with van der Waals surface area (Å²) in [7, 11) is -3.88. The summed E-state index contributed by atoms with van der Waals surface area (Å²) in [6, 6.07) is 9.24. The molecule has 31 heavy (non-hydrogen) atoms. The van der Waals surface area contributed by atoms with Crippen molar-refractivity contribution in [2.24, 2.45) is 0 Å². The SMILES string of the molecule is CSc1nc2c(N)ncnc2n1[C@@H]1O[C@@H]2COP(=O)(OCc3ccccc3)O[C@H]2[C@H]1O. The smallest absolute Gasteiger partial charge is 0.386 e. The van der Waals surface area contributed by atoms with Crippen LogP contribution < -0.4 is 5.73 Å². The molecule has 13 heteroatoms. The molecule has 0 aliphatic carbocycles. The average Bonchev–Trinajstić information content (AvgIpc) is 3.31. The van der Waals surface area contributed by atoms with Crippen LogP contribution in [0.15, 0.2) is 41.8 Å². The highest BCUT2D eigenvalue weighted by Crippen LogP contribution is 2.57. The van der Waals surface area contributed by atoms with Gasteiger partial charge in [0.05, 0.1) is 13.2 Å². The number of fused-ring (bicyclic) bond motifs is 2. The third-order valence-corrected chi connectivity index (χ3v) is 7.16. The Balaban J connectivity index is 1.39. The lowest BCUT2D eigenvalue weighted by molar-refractivity contribution is -0.0730. The fraction of sp³-hybridized carbons (Fsp3) is 0.389. The van der Waals surface area contributed by atoms with Gasteiger partial charge < -0.3 is 15.6 Å². The number of imidazole rings is 1. The van der Waals surface area contributed by atoms with Crippen molar-refractivity contribution in [3.63, 3.8) is 0 Å². The minimum absolute atomic E-state index is 0.0505. The number of aromatic nitrogens is 4. The second-order valence-electron chi connectivity index (χ2n) is 7.03. The molecule has 5 atom stereocenters. The summed E-state index contributed by atoms with van der Waals surface area (Å²) >= 11 is 1.34. The topological polar surface area (TPSA) is 144 Å². The Kier molecular flexibility index (Phi) is 5.47. The molecule has 4 heterocycles. The number of benzene rings is 1. The van der Waals surface area contributed by atoms with Gasteiger partial charge in [-0.25, -0.2) is 19.5 Å². The zero-order chi connectivity index (χ0) is 21.6. The average molecular weight is 465 g/mol. The summed E-state index contributed by atoms with van der Waals surface area (Å²) in [6.45, 7) is -0.00247. The van der Waals surface area contributed by atoms with Gasteiger partial charge in [-0.15, -0.1) is 0 Å². The van der Waals surface area contributed by atoms with Crippen molar-refractivity contribution in [3.8, 4) is 0 Å². The molecule has 1 unspecified atom stereocenters. The van der Waals surface area contributed by atoms with E-state index < -0.39 is 32.4 Å². The molecule has 3 N–H and O–H groups in total. The van der Waals surface area contributed by atoms with Gasteiger partial charge in [-0.1, -0.05) is 42.1 Å². The van der Waals surface area contributed by atoms with Crippen LogP contribution >= 0.6 is 19.6 Å². The standard InChI is InChI=1S/C18H20N5O6PS/c1-31-18-22-12-15(19)20-9-21-16(12)23(18)17-13(24)14-11(28-17)8-27-30(25,29-14)26-7-10-5-3-2-4-6-10/h2-6,9,11,13-14,17,24H,7-8H2,1H3,(H2,19,20,21)/t11-,13-,14-,17-,30?/m1/s1. The van der Waals surface area contributed by atoms with Crippen LogP contribution in [-0.4, -0.2) is 55.8 Å². The van der Waals surface area contributed by atoms with E-state index in [1.807, 2.05) is 36.6 Å². The van der Waals surface area contributed by atoms with Gasteiger partial charge in [0.2, 0.25) is 0 Å². The molecule has 2 aliphatic heterocycles. The number of nitrogens with two attached hydrogens (primary N) is 1. The van der Waals surface area contributed by atoms with E-state index in [9.17, 15) is 9.67 Å². The molecule has 5 rings (SSSR count). The number of rotatable bonds is 5. The van der Waals surface area contributed by atoms with Crippen LogP contribution in [0.5, 0.6) is 0 Å². The molecule has 0 radical (unpaired) electrons. The summed E-state index contributed by atoms with van der Waals surface area (Å²) < 4.78 is 37.1. The number of phosphoric acid groups is 1. The summed E-state index contributed by atoms with van der Waals surface area (Å²) in [6.07, 6.45) is -0.455. The molecular weight excluding hydrogens is 445 g/mol. The van der Waals surface area contributed by atoms with Gasteiger partial charge in [0.1, 0.15) is 24.6 Å². The summed E-state index contributed by atoms with van der Waals surface area (Å²) in [5, 5.41) is 11.5. The molecule has 3 aromatic rings. The lowest BCUT2D eigenvalue weighted by Crippen LogP contribution is -2.39. The van der Waals surface area contributed by atoms with Gasteiger partial charge in [-0.2, -0.15) is 0 Å². The Hall–Kier alpha value is -2.05. The summed E-state index contributed by atoms with van der Waals surface area (Å²) in [4.78, 5) is 12.7. The van der Waals surface area contributed by atoms with E-state index in [0.29, 0.717) is 16.3 Å². The molecule has 0 spiro atoms. The third-order valence-electron chi connectivity index (χ3n) is 5.10. The number of nitrogens with zero attached hydrogens (tertiary/aromatic N) is 4. The van der Waals surface area contributed by atoms with Crippen molar-refractivity contribution in [2.75, 3.05) is 18.6 Å². The van der Waals surface area contributed by atoms with Gasteiger partial charge in [0.25, 0.3) is 0 Å². The maximum absolute atomic E-state index is 13.0. The molecule has 0 amide bonds. The molecule has 164 valence electrons. The first-order valence-electron chi connectivity index (χ1n) is 9.46. The van der Waals surface area contributed by atoms with E-state index in [4.69, 9.17) is 24.0 Å². The molecule has 2 aromatic heterocycles.